The lowest BCUT2D eigenvalue weighted by atomic mass is 9.91. The van der Waals surface area contributed by atoms with Crippen LogP contribution in [-0.4, -0.2) is 35.6 Å². The first-order valence-electron chi connectivity index (χ1n) is 12.3. The Bertz CT molecular complexity index is 931. The van der Waals surface area contributed by atoms with Crippen LogP contribution in [0.4, 0.5) is 0 Å². The molecule has 0 heterocycles. The molecule has 3 rings (SSSR count). The summed E-state index contributed by atoms with van der Waals surface area (Å²) in [6, 6.07) is 8.93. The van der Waals surface area contributed by atoms with E-state index < -0.39 is 5.91 Å². The molecule has 0 bridgehead atoms. The summed E-state index contributed by atoms with van der Waals surface area (Å²) >= 11 is 0. The highest BCUT2D eigenvalue weighted by molar-refractivity contribution is 5.86. The number of allylic oxidation sites excluding steroid dienone is 5. The first-order chi connectivity index (χ1) is 15.8. The van der Waals surface area contributed by atoms with Crippen molar-refractivity contribution < 1.29 is 10.0 Å². The van der Waals surface area contributed by atoms with Crippen LogP contribution in [0, 0.1) is 5.41 Å². The molecule has 2 aliphatic rings. The largest absolute Gasteiger partial charge is 0.299 e. The minimum atomic E-state index is -0.492. The van der Waals surface area contributed by atoms with Crippen LogP contribution in [0.1, 0.15) is 70.4 Å². The van der Waals surface area contributed by atoms with E-state index in [1.807, 2.05) is 0 Å². The Hall–Kier alpha value is -2.43. The number of amides is 1. The van der Waals surface area contributed by atoms with Gasteiger partial charge in [-0.15, -0.1) is 0 Å². The Balaban J connectivity index is 1.66. The number of benzene rings is 1. The van der Waals surface area contributed by atoms with Crippen molar-refractivity contribution in [1.29, 1.82) is 0 Å². The average molecular weight is 449 g/mol. The fraction of sp³-hybridized carbons (Fsp3) is 0.483. The fourth-order valence-corrected chi connectivity index (χ4v) is 4.48. The highest BCUT2D eigenvalue weighted by Gasteiger charge is 2.17. The van der Waals surface area contributed by atoms with Crippen LogP contribution in [0.5, 0.6) is 0 Å². The molecule has 0 unspecified atom stereocenters. The van der Waals surface area contributed by atoms with Crippen LogP contribution in [-0.2, 0) is 11.2 Å². The second kappa shape index (κ2) is 12.2. The van der Waals surface area contributed by atoms with Crippen molar-refractivity contribution in [2.45, 2.75) is 65.7 Å². The Labute approximate surface area is 199 Å². The third-order valence-electron chi connectivity index (χ3n) is 6.53. The summed E-state index contributed by atoms with van der Waals surface area (Å²) in [7, 11) is 0. The molecule has 4 nitrogen and oxygen atoms in total. The van der Waals surface area contributed by atoms with Crippen LogP contribution in [0.15, 0.2) is 65.8 Å². The number of aryl methyl sites for hydroxylation is 1. The fourth-order valence-electron chi connectivity index (χ4n) is 4.48. The molecule has 33 heavy (non-hydrogen) atoms. The highest BCUT2D eigenvalue weighted by atomic mass is 16.5. The van der Waals surface area contributed by atoms with E-state index in [-0.39, 0.29) is 0 Å². The molecule has 1 aromatic rings. The number of hydrogen-bond acceptors (Lipinski definition) is 3. The molecular formula is C29H40N2O2. The number of nitrogens with one attached hydrogen (secondary N) is 1. The van der Waals surface area contributed by atoms with Crippen LogP contribution >= 0.6 is 0 Å². The van der Waals surface area contributed by atoms with Crippen molar-refractivity contribution >= 4 is 11.5 Å². The van der Waals surface area contributed by atoms with E-state index in [0.29, 0.717) is 5.41 Å². The maximum atomic E-state index is 11.2. The molecule has 178 valence electrons. The van der Waals surface area contributed by atoms with Crippen molar-refractivity contribution in [2.24, 2.45) is 5.41 Å². The monoisotopic (exact) mass is 448 g/mol. The van der Waals surface area contributed by atoms with E-state index >= 15 is 0 Å². The van der Waals surface area contributed by atoms with Gasteiger partial charge in [0.15, 0.2) is 0 Å². The van der Waals surface area contributed by atoms with Crippen LogP contribution in [0.3, 0.4) is 0 Å². The minimum absolute atomic E-state index is 0.318. The van der Waals surface area contributed by atoms with Crippen LogP contribution in [0.2, 0.25) is 0 Å². The predicted molar refractivity (Wildman–Crippen MR) is 137 cm³/mol. The molecule has 0 fully saturated rings. The number of hydrogen-bond donors (Lipinski definition) is 2. The first kappa shape index (κ1) is 25.2. The number of carbonyl (C=O) groups excluding carboxylic acids is 1. The van der Waals surface area contributed by atoms with Gasteiger partial charge in [-0.1, -0.05) is 74.9 Å². The summed E-state index contributed by atoms with van der Waals surface area (Å²) in [6.07, 6.45) is 17.7. The maximum Gasteiger partial charge on any atom is 0.267 e. The third-order valence-corrected chi connectivity index (χ3v) is 6.53. The number of hydroxylamine groups is 1. The second-order valence-electron chi connectivity index (χ2n) is 10.5. The molecule has 1 amide bonds. The van der Waals surface area contributed by atoms with Gasteiger partial charge in [-0.05, 0) is 79.2 Å². The third kappa shape index (κ3) is 8.45. The minimum Gasteiger partial charge on any atom is -0.299 e. The Morgan fingerprint density at radius 1 is 1.12 bits per heavy atom. The Kier molecular flexibility index (Phi) is 9.28. The molecule has 0 radical (unpaired) electrons. The van der Waals surface area contributed by atoms with Gasteiger partial charge in [0, 0.05) is 19.2 Å². The molecular weight excluding hydrogens is 408 g/mol. The van der Waals surface area contributed by atoms with Crippen LogP contribution in [0.25, 0.3) is 5.57 Å². The number of rotatable bonds is 9. The van der Waals surface area contributed by atoms with Gasteiger partial charge < -0.3 is 0 Å². The zero-order valence-electron chi connectivity index (χ0n) is 20.6. The van der Waals surface area contributed by atoms with E-state index in [9.17, 15) is 4.79 Å². The van der Waals surface area contributed by atoms with Gasteiger partial charge in [0.25, 0.3) is 5.91 Å². The summed E-state index contributed by atoms with van der Waals surface area (Å²) in [5.41, 5.74) is 8.98. The van der Waals surface area contributed by atoms with Gasteiger partial charge >= 0.3 is 0 Å². The zero-order valence-corrected chi connectivity index (χ0v) is 20.6. The molecule has 0 atom stereocenters. The predicted octanol–water partition coefficient (Wildman–Crippen LogP) is 6.24. The quantitative estimate of drug-likeness (QED) is 0.267. The lowest BCUT2D eigenvalue weighted by molar-refractivity contribution is -0.124. The van der Waals surface area contributed by atoms with E-state index in [2.05, 4.69) is 68.2 Å². The molecule has 4 heteroatoms. The average Bonchev–Trinajstić information content (AvgIpc) is 3.01. The number of nitrogens with zero attached hydrogens (tertiary/aromatic N) is 1. The zero-order chi connectivity index (χ0) is 23.7. The summed E-state index contributed by atoms with van der Waals surface area (Å²) in [4.78, 5) is 13.8. The molecule has 0 saturated heterocycles. The standard InChI is InChI=1S/C29H40N2O2/c1-29(2,3)19-21-31(22-24-14-12-23(13-15-24)16-17-28(32)30-33)20-18-26-10-5-4-8-25-9-6-7-11-27(25)26/h6-7,9-12,14,16-17,33H,4-5,8,13,15,18-22H2,1-3H3,(H,30,32)/b17-16+. The molecule has 0 spiro atoms. The summed E-state index contributed by atoms with van der Waals surface area (Å²) in [5, 5.41) is 8.64. The van der Waals surface area contributed by atoms with Crippen molar-refractivity contribution in [1.82, 2.24) is 10.4 Å². The topological polar surface area (TPSA) is 52.6 Å². The van der Waals surface area contributed by atoms with Crippen molar-refractivity contribution in [2.75, 3.05) is 19.6 Å². The van der Waals surface area contributed by atoms with Crippen molar-refractivity contribution in [3.63, 3.8) is 0 Å². The highest BCUT2D eigenvalue weighted by Crippen LogP contribution is 2.29. The van der Waals surface area contributed by atoms with Gasteiger partial charge in [-0.3, -0.25) is 14.9 Å². The molecule has 1 aromatic carbocycles. The lowest BCUT2D eigenvalue weighted by Gasteiger charge is -2.29. The maximum absolute atomic E-state index is 11.2. The SMILES string of the molecule is CC(C)(C)CCN(CCC1=CCCCc2ccccc21)CC1=CC=C(/C=C/C(=O)NO)CC1. The summed E-state index contributed by atoms with van der Waals surface area (Å²) in [5.74, 6) is -0.492. The van der Waals surface area contributed by atoms with Crippen molar-refractivity contribution in [3.05, 3.63) is 76.9 Å². The van der Waals surface area contributed by atoms with E-state index in [1.54, 1.807) is 11.6 Å². The van der Waals surface area contributed by atoms with Crippen molar-refractivity contribution in [3.8, 4) is 0 Å². The van der Waals surface area contributed by atoms with E-state index in [4.69, 9.17) is 5.21 Å². The Morgan fingerprint density at radius 3 is 2.67 bits per heavy atom. The Morgan fingerprint density at radius 2 is 1.94 bits per heavy atom. The van der Waals surface area contributed by atoms with E-state index in [0.717, 1.165) is 44.5 Å². The summed E-state index contributed by atoms with van der Waals surface area (Å²) < 4.78 is 0. The molecule has 0 saturated carbocycles. The lowest BCUT2D eigenvalue weighted by Crippen LogP contribution is -2.31. The van der Waals surface area contributed by atoms with E-state index in [1.165, 1.54) is 54.0 Å². The smallest absolute Gasteiger partial charge is 0.267 e. The van der Waals surface area contributed by atoms with Crippen LogP contribution < -0.4 is 5.48 Å². The molecule has 0 aliphatic heterocycles. The molecule has 2 N–H and O–H groups in total. The first-order valence-corrected chi connectivity index (χ1v) is 12.3. The van der Waals surface area contributed by atoms with Gasteiger partial charge in [0.2, 0.25) is 0 Å². The summed E-state index contributed by atoms with van der Waals surface area (Å²) in [6.45, 7) is 10.1. The van der Waals surface area contributed by atoms with Gasteiger partial charge in [0.1, 0.15) is 0 Å². The van der Waals surface area contributed by atoms with Gasteiger partial charge in [-0.25, -0.2) is 5.48 Å². The van der Waals surface area contributed by atoms with Gasteiger partial charge in [-0.2, -0.15) is 0 Å². The normalized spacial score (nSPS) is 16.7. The molecule has 0 aromatic heterocycles. The number of carbonyl (C=O) groups is 1. The number of fused-ring (bicyclic) bond motifs is 1. The van der Waals surface area contributed by atoms with Gasteiger partial charge in [0.05, 0.1) is 0 Å². The second-order valence-corrected chi connectivity index (χ2v) is 10.5. The molecule has 2 aliphatic carbocycles.